The summed E-state index contributed by atoms with van der Waals surface area (Å²) in [7, 11) is 0. The van der Waals surface area contributed by atoms with Gasteiger partial charge in [-0.25, -0.2) is 14.5 Å². The molecule has 7 nitrogen and oxygen atoms in total. The van der Waals surface area contributed by atoms with Crippen molar-refractivity contribution in [1.29, 1.82) is 0 Å². The number of hydrogen-bond acceptors (Lipinski definition) is 5. The van der Waals surface area contributed by atoms with E-state index >= 15 is 0 Å². The summed E-state index contributed by atoms with van der Waals surface area (Å²) in [6.45, 7) is 1.89. The summed E-state index contributed by atoms with van der Waals surface area (Å²) >= 11 is 0. The van der Waals surface area contributed by atoms with Gasteiger partial charge in [0.05, 0.1) is 17.3 Å². The van der Waals surface area contributed by atoms with Crippen LogP contribution in [-0.2, 0) is 0 Å². The van der Waals surface area contributed by atoms with Gasteiger partial charge in [0.2, 0.25) is 0 Å². The second kappa shape index (κ2) is 7.59. The van der Waals surface area contributed by atoms with Crippen molar-refractivity contribution in [1.82, 2.24) is 19.7 Å². The van der Waals surface area contributed by atoms with E-state index in [1.807, 2.05) is 24.3 Å². The van der Waals surface area contributed by atoms with Gasteiger partial charge in [-0.1, -0.05) is 36.4 Å². The Bertz CT molecular complexity index is 1210. The summed E-state index contributed by atoms with van der Waals surface area (Å²) < 4.78 is 1.43. The van der Waals surface area contributed by atoms with Crippen LogP contribution < -0.4 is 4.90 Å². The van der Waals surface area contributed by atoms with Crippen LogP contribution in [0.1, 0.15) is 29.6 Å². The topological polar surface area (TPSA) is 84.1 Å². The van der Waals surface area contributed by atoms with Gasteiger partial charge >= 0.3 is 5.97 Å². The van der Waals surface area contributed by atoms with Gasteiger partial charge in [0.25, 0.3) is 5.95 Å². The lowest BCUT2D eigenvalue weighted by Gasteiger charge is -2.29. The Morgan fingerprint density at radius 3 is 2.47 bits per heavy atom. The summed E-state index contributed by atoms with van der Waals surface area (Å²) in [5.41, 5.74) is 3.18. The molecule has 5 rings (SSSR count). The van der Waals surface area contributed by atoms with Crippen molar-refractivity contribution in [2.75, 3.05) is 18.0 Å². The molecule has 1 N–H and O–H groups in total. The molecule has 30 heavy (non-hydrogen) atoms. The Labute approximate surface area is 173 Å². The molecule has 2 aromatic heterocycles. The Morgan fingerprint density at radius 2 is 1.73 bits per heavy atom. The number of rotatable bonds is 4. The molecule has 0 aliphatic carbocycles. The number of aromatic carboxylic acids is 1. The molecule has 0 amide bonds. The van der Waals surface area contributed by atoms with Crippen molar-refractivity contribution < 1.29 is 9.90 Å². The number of hydrogen-bond donors (Lipinski definition) is 1. The van der Waals surface area contributed by atoms with Gasteiger partial charge in [0.1, 0.15) is 5.82 Å². The summed E-state index contributed by atoms with van der Waals surface area (Å²) in [6.07, 6.45) is 6.24. The van der Waals surface area contributed by atoms with E-state index < -0.39 is 5.97 Å². The zero-order valence-electron chi connectivity index (χ0n) is 16.4. The maximum absolute atomic E-state index is 11.2. The number of anilines is 1. The number of carbonyl (C=O) groups is 1. The quantitative estimate of drug-likeness (QED) is 0.554. The normalized spacial score (nSPS) is 14.2. The number of aromatic nitrogens is 4. The van der Waals surface area contributed by atoms with Crippen LogP contribution in [-0.4, -0.2) is 43.9 Å². The molecule has 0 radical (unpaired) electrons. The highest BCUT2D eigenvalue weighted by Crippen LogP contribution is 2.31. The van der Waals surface area contributed by atoms with Crippen molar-refractivity contribution in [2.24, 2.45) is 0 Å². The van der Waals surface area contributed by atoms with Crippen molar-refractivity contribution in [3.63, 3.8) is 0 Å². The number of nitrogens with zero attached hydrogens (tertiary/aromatic N) is 5. The molecule has 1 fully saturated rings. The number of piperidine rings is 1. The van der Waals surface area contributed by atoms with E-state index in [9.17, 15) is 9.90 Å². The SMILES string of the molecule is O=C(O)c1cnn(-c2nc(N3CCCCC3)c3cc(-c4ccccc4)ccc3n2)c1. The molecule has 4 aromatic rings. The molecule has 3 heterocycles. The third kappa shape index (κ3) is 3.39. The van der Waals surface area contributed by atoms with E-state index in [-0.39, 0.29) is 5.56 Å². The fraction of sp³-hybridized carbons (Fsp3) is 0.217. The predicted octanol–water partition coefficient (Wildman–Crippen LogP) is 4.17. The molecule has 7 heteroatoms. The molecule has 1 aliphatic heterocycles. The Hall–Kier alpha value is -3.74. The van der Waals surface area contributed by atoms with E-state index in [1.54, 1.807) is 0 Å². The van der Waals surface area contributed by atoms with Crippen LogP contribution in [0.25, 0.3) is 28.0 Å². The summed E-state index contributed by atoms with van der Waals surface area (Å²) in [5.74, 6) is 0.230. The van der Waals surface area contributed by atoms with Gasteiger partial charge in [0.15, 0.2) is 0 Å². The van der Waals surface area contributed by atoms with Crippen molar-refractivity contribution in [3.05, 3.63) is 66.5 Å². The van der Waals surface area contributed by atoms with Crippen LogP contribution in [0.5, 0.6) is 0 Å². The van der Waals surface area contributed by atoms with Crippen molar-refractivity contribution in [2.45, 2.75) is 19.3 Å². The van der Waals surface area contributed by atoms with Gasteiger partial charge in [-0.3, -0.25) is 0 Å². The first kappa shape index (κ1) is 18.3. The van der Waals surface area contributed by atoms with Crippen LogP contribution in [0.4, 0.5) is 5.82 Å². The maximum atomic E-state index is 11.2. The minimum atomic E-state index is -1.02. The van der Waals surface area contributed by atoms with Crippen molar-refractivity contribution in [3.8, 4) is 17.1 Å². The van der Waals surface area contributed by atoms with E-state index in [4.69, 9.17) is 4.98 Å². The van der Waals surface area contributed by atoms with E-state index in [0.717, 1.165) is 53.8 Å². The lowest BCUT2D eigenvalue weighted by Crippen LogP contribution is -2.30. The van der Waals surface area contributed by atoms with Gasteiger partial charge in [-0.15, -0.1) is 0 Å². The molecular formula is C23H21N5O2. The fourth-order valence-corrected chi connectivity index (χ4v) is 3.90. The molecule has 2 aromatic carbocycles. The Morgan fingerprint density at radius 1 is 0.933 bits per heavy atom. The minimum Gasteiger partial charge on any atom is -0.478 e. The van der Waals surface area contributed by atoms with E-state index in [2.05, 4.69) is 39.2 Å². The Balaban J connectivity index is 1.67. The summed E-state index contributed by atoms with van der Waals surface area (Å²) in [5, 5.41) is 14.4. The number of carboxylic acid groups (broad SMARTS) is 1. The minimum absolute atomic E-state index is 0.109. The Kier molecular flexibility index (Phi) is 4.63. The first-order valence-corrected chi connectivity index (χ1v) is 10.1. The molecule has 0 unspecified atom stereocenters. The van der Waals surface area contributed by atoms with Crippen LogP contribution in [0.2, 0.25) is 0 Å². The first-order chi connectivity index (χ1) is 14.7. The van der Waals surface area contributed by atoms with E-state index in [0.29, 0.717) is 5.95 Å². The highest BCUT2D eigenvalue weighted by atomic mass is 16.4. The first-order valence-electron chi connectivity index (χ1n) is 10.1. The van der Waals surface area contributed by atoms with Crippen LogP contribution >= 0.6 is 0 Å². The van der Waals surface area contributed by atoms with Gasteiger partial charge in [-0.2, -0.15) is 10.1 Å². The third-order valence-electron chi connectivity index (χ3n) is 5.46. The molecular weight excluding hydrogens is 378 g/mol. The second-order valence-corrected chi connectivity index (χ2v) is 7.47. The summed E-state index contributed by atoms with van der Waals surface area (Å²) in [6, 6.07) is 16.4. The van der Waals surface area contributed by atoms with Crippen LogP contribution in [0, 0.1) is 0 Å². The maximum Gasteiger partial charge on any atom is 0.338 e. The largest absolute Gasteiger partial charge is 0.478 e. The number of benzene rings is 2. The highest BCUT2D eigenvalue weighted by Gasteiger charge is 2.19. The molecule has 0 saturated carbocycles. The zero-order chi connectivity index (χ0) is 20.5. The molecule has 0 atom stereocenters. The standard InChI is InChI=1S/C23H21N5O2/c29-22(30)18-14-24-28(15-18)23-25-20-10-9-17(16-7-3-1-4-8-16)13-19(20)21(26-23)27-11-5-2-6-12-27/h1,3-4,7-10,13-15H,2,5-6,11-12H2,(H,29,30). The predicted molar refractivity (Wildman–Crippen MR) is 115 cm³/mol. The van der Waals surface area contributed by atoms with Crippen LogP contribution in [0.3, 0.4) is 0 Å². The third-order valence-corrected chi connectivity index (χ3v) is 5.46. The van der Waals surface area contributed by atoms with Crippen LogP contribution in [0.15, 0.2) is 60.9 Å². The molecule has 0 spiro atoms. The van der Waals surface area contributed by atoms with Crippen molar-refractivity contribution >= 4 is 22.7 Å². The molecule has 150 valence electrons. The molecule has 1 aliphatic rings. The second-order valence-electron chi connectivity index (χ2n) is 7.47. The average molecular weight is 399 g/mol. The van der Waals surface area contributed by atoms with Gasteiger partial charge in [0, 0.05) is 24.7 Å². The van der Waals surface area contributed by atoms with E-state index in [1.165, 1.54) is 23.5 Å². The lowest BCUT2D eigenvalue weighted by molar-refractivity contribution is 0.0697. The number of fused-ring (bicyclic) bond motifs is 1. The highest BCUT2D eigenvalue weighted by molar-refractivity contribution is 5.93. The summed E-state index contributed by atoms with van der Waals surface area (Å²) in [4.78, 5) is 23.0. The zero-order valence-corrected chi connectivity index (χ0v) is 16.4. The molecule has 1 saturated heterocycles. The monoisotopic (exact) mass is 399 g/mol. The smallest absolute Gasteiger partial charge is 0.338 e. The number of carboxylic acids is 1. The van der Waals surface area contributed by atoms with Gasteiger partial charge < -0.3 is 10.0 Å². The fourth-order valence-electron chi connectivity index (χ4n) is 3.90. The molecule has 0 bridgehead atoms. The van der Waals surface area contributed by atoms with Gasteiger partial charge in [-0.05, 0) is 42.5 Å². The lowest BCUT2D eigenvalue weighted by atomic mass is 10.0. The average Bonchev–Trinajstić information content (AvgIpc) is 3.30.